The predicted octanol–water partition coefficient (Wildman–Crippen LogP) is -2.51. The van der Waals surface area contributed by atoms with Crippen molar-refractivity contribution in [2.75, 3.05) is 91.6 Å². The molecular formula is C50H93N11O14. The molecule has 0 heterocycles. The molecule has 0 aromatic rings. The molecule has 10 amide bonds. The zero-order valence-electron chi connectivity index (χ0n) is 47.6. The maximum absolute atomic E-state index is 14.2. The van der Waals surface area contributed by atoms with Crippen LogP contribution in [0.2, 0.25) is 0 Å². The molecule has 0 aromatic heterocycles. The van der Waals surface area contributed by atoms with E-state index in [0.29, 0.717) is 0 Å². The molecule has 0 aliphatic heterocycles. The van der Waals surface area contributed by atoms with Gasteiger partial charge in [-0.1, -0.05) is 13.8 Å². The summed E-state index contributed by atoms with van der Waals surface area (Å²) in [6.07, 6.45) is -4.53. The fourth-order valence-electron chi connectivity index (χ4n) is 7.65. The molecule has 25 nitrogen and oxygen atoms in total. The van der Waals surface area contributed by atoms with E-state index in [1.165, 1.54) is 52.2 Å². The van der Waals surface area contributed by atoms with Crippen molar-refractivity contribution in [1.82, 2.24) is 49.4 Å². The fraction of sp³-hybridized carbons (Fsp3) is 0.800. The van der Waals surface area contributed by atoms with Crippen molar-refractivity contribution in [2.45, 2.75) is 171 Å². The molecule has 0 aliphatic carbocycles. The second-order valence-corrected chi connectivity index (χ2v) is 21.1. The van der Waals surface area contributed by atoms with Crippen LogP contribution in [0.15, 0.2) is 0 Å². The first kappa shape index (κ1) is 69.5. The average molecular weight is 1070 g/mol. The van der Waals surface area contributed by atoms with Crippen molar-refractivity contribution >= 4 is 59.1 Å². The molecule has 25 heteroatoms. The topological polar surface area (TPSA) is 319 Å². The lowest BCUT2D eigenvalue weighted by Gasteiger charge is -2.35. The predicted molar refractivity (Wildman–Crippen MR) is 280 cm³/mol. The number of hydrogen-bond acceptors (Lipinski definition) is 15. The van der Waals surface area contributed by atoms with Gasteiger partial charge in [0.1, 0.15) is 26.2 Å². The molecule has 0 spiro atoms. The van der Waals surface area contributed by atoms with Gasteiger partial charge in [-0.3, -0.25) is 47.9 Å². The number of nitrogens with one attached hydrogen (secondary N) is 1. The van der Waals surface area contributed by atoms with Crippen LogP contribution in [0.5, 0.6) is 0 Å². The summed E-state index contributed by atoms with van der Waals surface area (Å²) in [5.41, 5.74) is 5.35. The molecule has 7 N–H and O–H groups in total. The first-order chi connectivity index (χ1) is 34.5. The van der Waals surface area contributed by atoms with Crippen LogP contribution in [-0.2, 0) is 47.9 Å². The molecule has 0 saturated carbocycles. The van der Waals surface area contributed by atoms with Crippen molar-refractivity contribution in [3.05, 3.63) is 0 Å². The van der Waals surface area contributed by atoms with E-state index < -0.39 is 154 Å². The Labute approximate surface area is 444 Å². The van der Waals surface area contributed by atoms with Crippen LogP contribution in [0.3, 0.4) is 0 Å². The second kappa shape index (κ2) is 33.5. The average Bonchev–Trinajstić information content (AvgIpc) is 3.26. The van der Waals surface area contributed by atoms with Crippen molar-refractivity contribution < 1.29 is 68.4 Å². The van der Waals surface area contributed by atoms with E-state index in [1.54, 1.807) is 69.2 Å². The summed E-state index contributed by atoms with van der Waals surface area (Å²) in [5.74, 6) is -6.76. The van der Waals surface area contributed by atoms with Gasteiger partial charge in [0.25, 0.3) is 0 Å². The Bertz CT molecular complexity index is 1890. The Kier molecular flexibility index (Phi) is 31.1. The van der Waals surface area contributed by atoms with Gasteiger partial charge in [-0.2, -0.15) is 0 Å². The Morgan fingerprint density at radius 3 is 0.747 bits per heavy atom. The number of nitrogens with two attached hydrogens (primary N) is 1. The molecule has 0 bridgehead atoms. The summed E-state index contributed by atoms with van der Waals surface area (Å²) in [6.45, 7) is 19.5. The molecule has 0 aliphatic rings. The highest BCUT2D eigenvalue weighted by molar-refractivity contribution is 5.94. The van der Waals surface area contributed by atoms with E-state index in [9.17, 15) is 68.4 Å². The fourth-order valence-corrected chi connectivity index (χ4v) is 7.65. The third kappa shape index (κ3) is 26.2. The number of rotatable bonds is 34. The van der Waals surface area contributed by atoms with Crippen LogP contribution < -0.4 is 11.1 Å². The molecule has 4 atom stereocenters. The van der Waals surface area contributed by atoms with Crippen LogP contribution >= 0.6 is 0 Å². The van der Waals surface area contributed by atoms with Gasteiger partial charge in [0.2, 0.25) is 59.1 Å². The number of aliphatic hydroxyl groups is 4. The van der Waals surface area contributed by atoms with E-state index in [0.717, 1.165) is 19.6 Å². The van der Waals surface area contributed by atoms with Crippen LogP contribution in [0, 0.1) is 0 Å². The van der Waals surface area contributed by atoms with Crippen LogP contribution in [-0.4, -0.2) is 276 Å². The Balaban J connectivity index is 6.57. The lowest BCUT2D eigenvalue weighted by Crippen LogP contribution is -2.56. The Morgan fingerprint density at radius 1 is 0.320 bits per heavy atom. The quantitative estimate of drug-likeness (QED) is 0.0388. The number of carbonyl (C=O) groups excluding carboxylic acids is 10. The highest BCUT2D eigenvalue weighted by atomic mass is 16.3. The summed E-state index contributed by atoms with van der Waals surface area (Å²) >= 11 is 0. The first-order valence-corrected chi connectivity index (χ1v) is 25.8. The van der Waals surface area contributed by atoms with Gasteiger partial charge in [0.15, 0.2) is 0 Å². The monoisotopic (exact) mass is 1070 g/mol. The highest BCUT2D eigenvalue weighted by Crippen LogP contribution is 2.12. The van der Waals surface area contributed by atoms with Crippen LogP contribution in [0.4, 0.5) is 0 Å². The third-order valence-corrected chi connectivity index (χ3v) is 11.6. The van der Waals surface area contributed by atoms with E-state index in [2.05, 4.69) is 5.32 Å². The summed E-state index contributed by atoms with van der Waals surface area (Å²) in [6, 6.07) is -2.67. The standard InChI is InChI=1S/C50H93N11O14/c1-31(2)52-17-42(67)58(33(5)6)27-45(70)53(18-37(13)62)23-43(68)56(21-40(16)65)26-48(73)61(36(11)12)30-50(75)59(34(7)8)28-46(71)54(19-38(14)63)24-44(69)55(20-39(15)64)25-47(72)60(35(9)10)29-49(74)57(32(3)4)22-41(51)66/h31-40,52,62-65H,17-30H2,1-16H3,(H2,51,66). The van der Waals surface area contributed by atoms with Gasteiger partial charge in [0, 0.05) is 62.4 Å². The number of nitrogens with zero attached hydrogens (tertiary/aromatic N) is 9. The maximum Gasteiger partial charge on any atom is 0.242 e. The zero-order chi connectivity index (χ0) is 58.3. The van der Waals surface area contributed by atoms with Crippen LogP contribution in [0.25, 0.3) is 0 Å². The molecule has 0 saturated heterocycles. The molecule has 75 heavy (non-hydrogen) atoms. The van der Waals surface area contributed by atoms with E-state index >= 15 is 0 Å². The van der Waals surface area contributed by atoms with Gasteiger partial charge >= 0.3 is 0 Å². The Morgan fingerprint density at radius 2 is 0.520 bits per heavy atom. The van der Waals surface area contributed by atoms with E-state index in [1.807, 2.05) is 13.8 Å². The smallest absolute Gasteiger partial charge is 0.242 e. The highest BCUT2D eigenvalue weighted by Gasteiger charge is 2.34. The summed E-state index contributed by atoms with van der Waals surface area (Å²) in [4.78, 5) is 146. The zero-order valence-corrected chi connectivity index (χ0v) is 47.6. The van der Waals surface area contributed by atoms with Gasteiger partial charge in [-0.25, -0.2) is 0 Å². The van der Waals surface area contributed by atoms with Gasteiger partial charge in [-0.05, 0) is 96.9 Å². The largest absolute Gasteiger partial charge is 0.392 e. The summed E-state index contributed by atoms with van der Waals surface area (Å²) < 4.78 is 0. The van der Waals surface area contributed by atoms with Crippen molar-refractivity contribution in [3.8, 4) is 0 Å². The van der Waals surface area contributed by atoms with Crippen LogP contribution in [0.1, 0.15) is 111 Å². The van der Waals surface area contributed by atoms with E-state index in [4.69, 9.17) is 5.73 Å². The number of aliphatic hydroxyl groups excluding tert-OH is 4. The number of primary amides is 1. The Hall–Kier alpha value is -5.50. The molecule has 0 fully saturated rings. The van der Waals surface area contributed by atoms with Gasteiger partial charge in [-0.15, -0.1) is 0 Å². The van der Waals surface area contributed by atoms with Crippen molar-refractivity contribution in [3.63, 3.8) is 0 Å². The van der Waals surface area contributed by atoms with Gasteiger partial charge in [0.05, 0.1) is 63.7 Å². The summed E-state index contributed by atoms with van der Waals surface area (Å²) in [5, 5.41) is 44.6. The molecule has 0 rings (SSSR count). The van der Waals surface area contributed by atoms with Crippen molar-refractivity contribution in [1.29, 1.82) is 0 Å². The molecule has 0 radical (unpaired) electrons. The lowest BCUT2D eigenvalue weighted by atomic mass is 10.2. The van der Waals surface area contributed by atoms with Crippen molar-refractivity contribution in [2.24, 2.45) is 5.73 Å². The molecular weight excluding hydrogens is 979 g/mol. The number of amides is 10. The minimum Gasteiger partial charge on any atom is -0.392 e. The molecule has 4 unspecified atom stereocenters. The minimum absolute atomic E-state index is 0.00157. The van der Waals surface area contributed by atoms with Gasteiger partial charge < -0.3 is 75.6 Å². The van der Waals surface area contributed by atoms with E-state index in [-0.39, 0.29) is 57.3 Å². The second-order valence-electron chi connectivity index (χ2n) is 21.1. The normalized spacial score (nSPS) is 13.1. The number of hydrogen-bond donors (Lipinski definition) is 6. The minimum atomic E-state index is -1.17. The first-order valence-electron chi connectivity index (χ1n) is 25.8. The third-order valence-electron chi connectivity index (χ3n) is 11.6. The molecule has 0 aromatic carbocycles. The SMILES string of the molecule is CC(O)CN(CC(=O)N(CC(=O)N(CC(=O)N(CC(=O)N(CC(=O)N(CC(=O)N(CC(=O)N(CC(N)=O)C(C)C)C(C)C)CC(C)O)CC(C)O)C(C)C)C(C)C)CC(C)O)C(=O)CN(C(=O)CNC(C)C)C(C)C. The maximum atomic E-state index is 14.2. The lowest BCUT2D eigenvalue weighted by molar-refractivity contribution is -0.151. The number of carbonyl (C=O) groups is 10. The molecule has 432 valence electrons. The summed E-state index contributed by atoms with van der Waals surface area (Å²) in [7, 11) is 0.